The van der Waals surface area contributed by atoms with Crippen LogP contribution < -0.4 is 10.1 Å². The number of hydrogen-bond donors (Lipinski definition) is 1. The minimum Gasteiger partial charge on any atom is -0.494 e. The molecule has 0 saturated heterocycles. The average Bonchev–Trinajstić information content (AvgIpc) is 2.63. The number of amides is 1. The highest BCUT2D eigenvalue weighted by Gasteiger charge is 2.05. The van der Waals surface area contributed by atoms with Crippen LogP contribution in [0.3, 0.4) is 0 Å². The van der Waals surface area contributed by atoms with E-state index in [1.807, 2.05) is 37.3 Å². The van der Waals surface area contributed by atoms with E-state index in [0.717, 1.165) is 29.9 Å². The Morgan fingerprint density at radius 3 is 2.73 bits per heavy atom. The highest BCUT2D eigenvalue weighted by atomic mass is 35.5. The summed E-state index contributed by atoms with van der Waals surface area (Å²) in [5.74, 6) is 2.13. The number of benzene rings is 2. The molecule has 0 heterocycles. The van der Waals surface area contributed by atoms with Crippen molar-refractivity contribution in [2.24, 2.45) is 0 Å². The lowest BCUT2D eigenvalue weighted by Gasteiger charge is -2.10. The summed E-state index contributed by atoms with van der Waals surface area (Å²) in [5.41, 5.74) is 2.24. The molecule has 1 N–H and O–H groups in total. The van der Waals surface area contributed by atoms with E-state index >= 15 is 0 Å². The Bertz CT molecular complexity index is 725. The number of aryl methyl sites for hydroxylation is 1. The third kappa shape index (κ3) is 7.10. The normalized spacial score (nSPS) is 10.6. The van der Waals surface area contributed by atoms with Crippen LogP contribution >= 0.6 is 35.0 Å². The summed E-state index contributed by atoms with van der Waals surface area (Å²) in [7, 11) is 0. The Morgan fingerprint density at radius 2 is 1.96 bits per heavy atom. The highest BCUT2D eigenvalue weighted by Crippen LogP contribution is 2.24. The van der Waals surface area contributed by atoms with E-state index in [1.54, 1.807) is 17.8 Å². The van der Waals surface area contributed by atoms with Gasteiger partial charge in [0.1, 0.15) is 5.75 Å². The second kappa shape index (κ2) is 11.4. The van der Waals surface area contributed by atoms with Gasteiger partial charge in [0.05, 0.1) is 22.4 Å². The molecule has 2 rings (SSSR count). The number of para-hydroxylation sites is 1. The number of carbonyl (C=O) groups is 1. The van der Waals surface area contributed by atoms with Crippen molar-refractivity contribution in [1.82, 2.24) is 5.32 Å². The molecule has 2 aromatic carbocycles. The van der Waals surface area contributed by atoms with E-state index in [0.29, 0.717) is 28.9 Å². The molecule has 2 aromatic rings. The molecule has 0 atom stereocenters. The van der Waals surface area contributed by atoms with Crippen molar-refractivity contribution in [2.45, 2.75) is 25.5 Å². The maximum absolute atomic E-state index is 11.9. The average molecular weight is 412 g/mol. The standard InChI is InChI=1S/C20H23Cl2NO2S/c1-2-25-19-8-4-3-6-16(19)7-5-11-23-20(24)14-26-13-15-9-10-17(21)18(22)12-15/h3-4,6,8-10,12H,2,5,7,11,13-14H2,1H3,(H,23,24). The molecule has 0 aliphatic carbocycles. The molecule has 0 fully saturated rings. The zero-order valence-electron chi connectivity index (χ0n) is 14.8. The summed E-state index contributed by atoms with van der Waals surface area (Å²) >= 11 is 13.4. The van der Waals surface area contributed by atoms with E-state index in [9.17, 15) is 4.79 Å². The van der Waals surface area contributed by atoms with Gasteiger partial charge in [-0.3, -0.25) is 4.79 Å². The Balaban J connectivity index is 1.64. The molecule has 0 aliphatic rings. The first-order valence-corrected chi connectivity index (χ1v) is 10.5. The van der Waals surface area contributed by atoms with E-state index in [4.69, 9.17) is 27.9 Å². The summed E-state index contributed by atoms with van der Waals surface area (Å²) < 4.78 is 5.62. The quantitative estimate of drug-likeness (QED) is 0.533. The van der Waals surface area contributed by atoms with E-state index < -0.39 is 0 Å². The fraction of sp³-hybridized carbons (Fsp3) is 0.350. The van der Waals surface area contributed by atoms with Crippen molar-refractivity contribution in [2.75, 3.05) is 18.9 Å². The van der Waals surface area contributed by atoms with Crippen molar-refractivity contribution in [1.29, 1.82) is 0 Å². The van der Waals surface area contributed by atoms with Crippen molar-refractivity contribution >= 4 is 40.9 Å². The van der Waals surface area contributed by atoms with Gasteiger partial charge < -0.3 is 10.1 Å². The third-order valence-electron chi connectivity index (χ3n) is 3.70. The van der Waals surface area contributed by atoms with E-state index in [-0.39, 0.29) is 5.91 Å². The van der Waals surface area contributed by atoms with Crippen LogP contribution in [0, 0.1) is 0 Å². The molecule has 3 nitrogen and oxygen atoms in total. The van der Waals surface area contributed by atoms with Gasteiger partial charge in [-0.1, -0.05) is 47.5 Å². The fourth-order valence-electron chi connectivity index (χ4n) is 2.46. The minimum atomic E-state index is 0.0492. The van der Waals surface area contributed by atoms with Gasteiger partial charge in [-0.25, -0.2) is 0 Å². The fourth-order valence-corrected chi connectivity index (χ4v) is 3.58. The van der Waals surface area contributed by atoms with Crippen molar-refractivity contribution < 1.29 is 9.53 Å². The van der Waals surface area contributed by atoms with Gasteiger partial charge in [0, 0.05) is 12.3 Å². The van der Waals surface area contributed by atoms with Crippen LogP contribution in [0.2, 0.25) is 10.0 Å². The molecule has 26 heavy (non-hydrogen) atoms. The second-order valence-corrected chi connectivity index (χ2v) is 7.54. The monoisotopic (exact) mass is 411 g/mol. The lowest BCUT2D eigenvalue weighted by Crippen LogP contribution is -2.26. The maximum Gasteiger partial charge on any atom is 0.230 e. The number of rotatable bonds is 10. The van der Waals surface area contributed by atoms with E-state index in [2.05, 4.69) is 11.4 Å². The lowest BCUT2D eigenvalue weighted by atomic mass is 10.1. The van der Waals surface area contributed by atoms with Crippen LogP contribution in [-0.2, 0) is 17.0 Å². The number of carbonyl (C=O) groups excluding carboxylic acids is 1. The van der Waals surface area contributed by atoms with Gasteiger partial charge in [-0.2, -0.15) is 0 Å². The van der Waals surface area contributed by atoms with Gasteiger partial charge >= 0.3 is 0 Å². The predicted octanol–water partition coefficient (Wildman–Crippen LogP) is 5.37. The molecule has 0 aromatic heterocycles. The first-order chi connectivity index (χ1) is 12.6. The summed E-state index contributed by atoms with van der Waals surface area (Å²) in [4.78, 5) is 11.9. The molecule has 1 amide bonds. The molecule has 6 heteroatoms. The van der Waals surface area contributed by atoms with E-state index in [1.165, 1.54) is 5.56 Å². The Hall–Kier alpha value is -1.36. The molecular weight excluding hydrogens is 389 g/mol. The van der Waals surface area contributed by atoms with Crippen LogP contribution in [0.25, 0.3) is 0 Å². The molecule has 0 aliphatic heterocycles. The molecule has 0 spiro atoms. The zero-order chi connectivity index (χ0) is 18.8. The Labute approximate surface area is 169 Å². The molecule has 0 radical (unpaired) electrons. The van der Waals surface area contributed by atoms with Gasteiger partial charge in [0.2, 0.25) is 5.91 Å². The molecule has 0 unspecified atom stereocenters. The van der Waals surface area contributed by atoms with Crippen LogP contribution in [0.5, 0.6) is 5.75 Å². The third-order valence-corrected chi connectivity index (χ3v) is 5.45. The largest absolute Gasteiger partial charge is 0.494 e. The zero-order valence-corrected chi connectivity index (χ0v) is 17.1. The van der Waals surface area contributed by atoms with Crippen LogP contribution in [0.15, 0.2) is 42.5 Å². The van der Waals surface area contributed by atoms with Gasteiger partial charge in [0.25, 0.3) is 0 Å². The molecule has 140 valence electrons. The van der Waals surface area contributed by atoms with Crippen LogP contribution in [0.4, 0.5) is 0 Å². The molecule has 0 saturated carbocycles. The van der Waals surface area contributed by atoms with Gasteiger partial charge in [0.15, 0.2) is 0 Å². The van der Waals surface area contributed by atoms with Crippen LogP contribution in [-0.4, -0.2) is 24.8 Å². The van der Waals surface area contributed by atoms with Crippen LogP contribution in [0.1, 0.15) is 24.5 Å². The Morgan fingerprint density at radius 1 is 1.15 bits per heavy atom. The topological polar surface area (TPSA) is 38.3 Å². The number of nitrogens with one attached hydrogen (secondary N) is 1. The summed E-state index contributed by atoms with van der Waals surface area (Å²) in [5, 5.41) is 4.05. The molecular formula is C20H23Cl2NO2S. The Kier molecular flexibility index (Phi) is 9.16. The number of thioether (sulfide) groups is 1. The SMILES string of the molecule is CCOc1ccccc1CCCNC(=O)CSCc1ccc(Cl)c(Cl)c1. The lowest BCUT2D eigenvalue weighted by molar-refractivity contribution is -0.118. The van der Waals surface area contributed by atoms with Gasteiger partial charge in [-0.15, -0.1) is 11.8 Å². The van der Waals surface area contributed by atoms with Crippen molar-refractivity contribution in [3.8, 4) is 5.75 Å². The number of halogens is 2. The summed E-state index contributed by atoms with van der Waals surface area (Å²) in [6.45, 7) is 3.29. The number of ether oxygens (including phenoxy) is 1. The minimum absolute atomic E-state index is 0.0492. The summed E-state index contributed by atoms with van der Waals surface area (Å²) in [6, 6.07) is 13.6. The molecule has 0 bridgehead atoms. The maximum atomic E-state index is 11.9. The van der Waals surface area contributed by atoms with Crippen molar-refractivity contribution in [3.05, 3.63) is 63.6 Å². The first kappa shape index (κ1) is 20.9. The second-order valence-electron chi connectivity index (χ2n) is 5.74. The first-order valence-electron chi connectivity index (χ1n) is 8.59. The van der Waals surface area contributed by atoms with Crippen molar-refractivity contribution in [3.63, 3.8) is 0 Å². The highest BCUT2D eigenvalue weighted by molar-refractivity contribution is 7.99. The summed E-state index contributed by atoms with van der Waals surface area (Å²) in [6.07, 6.45) is 1.76. The van der Waals surface area contributed by atoms with Gasteiger partial charge in [-0.05, 0) is 49.1 Å². The smallest absolute Gasteiger partial charge is 0.230 e. The predicted molar refractivity (Wildman–Crippen MR) is 112 cm³/mol. The number of hydrogen-bond acceptors (Lipinski definition) is 3.